The summed E-state index contributed by atoms with van der Waals surface area (Å²) in [6.45, 7) is 8.05. The topological polar surface area (TPSA) is 82.3 Å². The normalized spacial score (nSPS) is 17.4. The lowest BCUT2D eigenvalue weighted by Crippen LogP contribution is -2.45. The van der Waals surface area contributed by atoms with Crippen molar-refractivity contribution in [3.63, 3.8) is 0 Å². The lowest BCUT2D eigenvalue weighted by atomic mass is 10.1. The van der Waals surface area contributed by atoms with E-state index in [0.717, 1.165) is 56.5 Å². The molecule has 3 N–H and O–H groups in total. The molecule has 162 valence electrons. The molecular weight excluding hydrogens is 503 g/mol. The molecule has 1 unspecified atom stereocenters. The summed E-state index contributed by atoms with van der Waals surface area (Å²) in [5.74, 6) is 1.64. The van der Waals surface area contributed by atoms with Crippen molar-refractivity contribution in [3.8, 4) is 0 Å². The van der Waals surface area contributed by atoms with Gasteiger partial charge in [0.2, 0.25) is 0 Å². The highest BCUT2D eigenvalue weighted by Gasteiger charge is 2.24. The maximum atomic E-state index is 10.7. The summed E-state index contributed by atoms with van der Waals surface area (Å²) >= 11 is 1.54. The third-order valence-corrected chi connectivity index (χ3v) is 5.79. The molecule has 3 heterocycles. The van der Waals surface area contributed by atoms with Crippen molar-refractivity contribution < 1.29 is 14.3 Å². The van der Waals surface area contributed by atoms with Gasteiger partial charge in [0.1, 0.15) is 11.4 Å². The molecule has 1 aliphatic rings. The second kappa shape index (κ2) is 12.5. The van der Waals surface area contributed by atoms with Crippen molar-refractivity contribution in [1.29, 1.82) is 0 Å². The van der Waals surface area contributed by atoms with E-state index in [9.17, 15) is 5.11 Å². The maximum Gasteiger partial charge on any atom is 0.191 e. The van der Waals surface area contributed by atoms with Gasteiger partial charge in [-0.25, -0.2) is 4.99 Å². The van der Waals surface area contributed by atoms with Gasteiger partial charge in [0.15, 0.2) is 5.96 Å². The smallest absolute Gasteiger partial charge is 0.191 e. The van der Waals surface area contributed by atoms with Crippen LogP contribution >= 0.6 is 35.3 Å². The summed E-state index contributed by atoms with van der Waals surface area (Å²) in [7, 11) is 0. The molecule has 3 rings (SSSR count). The van der Waals surface area contributed by atoms with Crippen molar-refractivity contribution in [2.45, 2.75) is 18.9 Å². The number of aliphatic hydroxyl groups is 1. The van der Waals surface area contributed by atoms with E-state index in [0.29, 0.717) is 19.0 Å². The van der Waals surface area contributed by atoms with Gasteiger partial charge in [-0.1, -0.05) is 6.07 Å². The molecule has 0 amide bonds. The number of rotatable bonds is 9. The van der Waals surface area contributed by atoms with Crippen LogP contribution in [0.1, 0.15) is 17.6 Å². The number of nitrogens with one attached hydrogen (secondary N) is 2. The van der Waals surface area contributed by atoms with Crippen molar-refractivity contribution in [3.05, 3.63) is 46.5 Å². The first-order valence-corrected chi connectivity index (χ1v) is 10.6. The molecule has 2 aromatic heterocycles. The van der Waals surface area contributed by atoms with Gasteiger partial charge in [0, 0.05) is 44.0 Å². The Kier molecular flexibility index (Phi) is 10.4. The molecule has 1 saturated heterocycles. The average Bonchev–Trinajstić information content (AvgIpc) is 3.41. The lowest BCUT2D eigenvalue weighted by Gasteiger charge is -2.27. The number of ether oxygens (including phenoxy) is 1. The van der Waals surface area contributed by atoms with Gasteiger partial charge in [0.05, 0.1) is 26.0 Å². The highest BCUT2D eigenvalue weighted by molar-refractivity contribution is 14.0. The highest BCUT2D eigenvalue weighted by Crippen LogP contribution is 2.25. The van der Waals surface area contributed by atoms with Crippen molar-refractivity contribution in [2.24, 2.45) is 4.99 Å². The zero-order valence-corrected chi connectivity index (χ0v) is 19.9. The molecular formula is C20H31IN4O3S. The van der Waals surface area contributed by atoms with Crippen molar-refractivity contribution in [1.82, 2.24) is 15.5 Å². The Morgan fingerprint density at radius 3 is 2.72 bits per heavy atom. The molecule has 7 nitrogen and oxygen atoms in total. The summed E-state index contributed by atoms with van der Waals surface area (Å²) in [6.07, 6.45) is 2.46. The lowest BCUT2D eigenvalue weighted by molar-refractivity contribution is 0.0389. The first-order valence-electron chi connectivity index (χ1n) is 9.74. The van der Waals surface area contributed by atoms with E-state index >= 15 is 0 Å². The third kappa shape index (κ3) is 8.25. The van der Waals surface area contributed by atoms with E-state index in [2.05, 4.69) is 20.5 Å². The molecule has 0 aromatic carbocycles. The molecule has 1 aliphatic heterocycles. The highest BCUT2D eigenvalue weighted by atomic mass is 127. The molecule has 0 aliphatic carbocycles. The van der Waals surface area contributed by atoms with Gasteiger partial charge >= 0.3 is 0 Å². The number of halogens is 1. The van der Waals surface area contributed by atoms with Gasteiger partial charge in [-0.2, -0.15) is 0 Å². The standard InChI is InChI=1S/C20H30N4O3S.HI/c1-20(25,18-5-3-15-28-18)16-23-19(21-7-6-17-4-2-12-27-17)22-8-9-24-10-13-26-14-11-24;/h2-5,12,15,25H,6-11,13-14,16H2,1H3,(H2,21,22,23);1H. The van der Waals surface area contributed by atoms with Gasteiger partial charge in [-0.3, -0.25) is 4.90 Å². The molecule has 0 bridgehead atoms. The van der Waals surface area contributed by atoms with E-state index in [1.165, 1.54) is 0 Å². The molecule has 9 heteroatoms. The molecule has 0 saturated carbocycles. The molecule has 1 fully saturated rings. The van der Waals surface area contributed by atoms with Crippen LogP contribution < -0.4 is 10.6 Å². The van der Waals surface area contributed by atoms with Crippen LogP contribution in [0.15, 0.2) is 45.3 Å². The maximum absolute atomic E-state index is 10.7. The van der Waals surface area contributed by atoms with Crippen LogP contribution in [-0.4, -0.2) is 68.4 Å². The number of hydrogen-bond acceptors (Lipinski definition) is 6. The molecule has 29 heavy (non-hydrogen) atoms. The Morgan fingerprint density at radius 2 is 2.03 bits per heavy atom. The van der Waals surface area contributed by atoms with Crippen LogP contribution in [0.4, 0.5) is 0 Å². The van der Waals surface area contributed by atoms with Crippen LogP contribution in [0.3, 0.4) is 0 Å². The zero-order valence-electron chi connectivity index (χ0n) is 16.8. The Morgan fingerprint density at radius 1 is 1.24 bits per heavy atom. The zero-order chi connectivity index (χ0) is 19.7. The van der Waals surface area contributed by atoms with Gasteiger partial charge in [-0.15, -0.1) is 35.3 Å². The number of morpholine rings is 1. The fraction of sp³-hybridized carbons (Fsp3) is 0.550. The van der Waals surface area contributed by atoms with Crippen LogP contribution in [0.25, 0.3) is 0 Å². The average molecular weight is 534 g/mol. The third-order valence-electron chi connectivity index (χ3n) is 4.67. The minimum absolute atomic E-state index is 0. The fourth-order valence-electron chi connectivity index (χ4n) is 2.99. The van der Waals surface area contributed by atoms with Crippen molar-refractivity contribution in [2.75, 3.05) is 52.5 Å². The van der Waals surface area contributed by atoms with E-state index < -0.39 is 5.60 Å². The number of furan rings is 1. The second-order valence-electron chi connectivity index (χ2n) is 7.05. The first-order chi connectivity index (χ1) is 13.6. The van der Waals surface area contributed by atoms with Gasteiger partial charge < -0.3 is 24.9 Å². The molecule has 1 atom stereocenters. The predicted octanol–water partition coefficient (Wildman–Crippen LogP) is 2.28. The summed E-state index contributed by atoms with van der Waals surface area (Å²) in [4.78, 5) is 7.92. The van der Waals surface area contributed by atoms with Crippen LogP contribution in [-0.2, 0) is 16.8 Å². The van der Waals surface area contributed by atoms with E-state index in [1.807, 2.05) is 29.6 Å². The van der Waals surface area contributed by atoms with E-state index in [-0.39, 0.29) is 24.0 Å². The van der Waals surface area contributed by atoms with Gasteiger partial charge in [0.25, 0.3) is 0 Å². The number of aliphatic imine (C=N–C) groups is 1. The molecule has 0 radical (unpaired) electrons. The largest absolute Gasteiger partial charge is 0.469 e. The number of nitrogens with zero attached hydrogens (tertiary/aromatic N) is 2. The Labute approximate surface area is 193 Å². The van der Waals surface area contributed by atoms with Crippen LogP contribution in [0.5, 0.6) is 0 Å². The number of guanidine groups is 1. The van der Waals surface area contributed by atoms with Gasteiger partial charge in [-0.05, 0) is 30.5 Å². The second-order valence-corrected chi connectivity index (χ2v) is 8.00. The van der Waals surface area contributed by atoms with E-state index in [1.54, 1.807) is 24.5 Å². The first kappa shape index (κ1) is 24.1. The summed E-state index contributed by atoms with van der Waals surface area (Å²) in [6, 6.07) is 7.74. The summed E-state index contributed by atoms with van der Waals surface area (Å²) in [5, 5.41) is 19.4. The number of thiophene rings is 1. The summed E-state index contributed by atoms with van der Waals surface area (Å²) < 4.78 is 10.8. The Bertz CT molecular complexity index is 701. The predicted molar refractivity (Wildman–Crippen MR) is 127 cm³/mol. The summed E-state index contributed by atoms with van der Waals surface area (Å²) in [5.41, 5.74) is -0.978. The quantitative estimate of drug-likeness (QED) is 0.260. The van der Waals surface area contributed by atoms with Crippen LogP contribution in [0.2, 0.25) is 0 Å². The minimum atomic E-state index is -0.978. The number of hydrogen-bond donors (Lipinski definition) is 3. The Balaban J connectivity index is 0.00000300. The van der Waals surface area contributed by atoms with Crippen molar-refractivity contribution >= 4 is 41.3 Å². The monoisotopic (exact) mass is 534 g/mol. The minimum Gasteiger partial charge on any atom is -0.469 e. The fourth-order valence-corrected chi connectivity index (χ4v) is 3.77. The molecule has 2 aromatic rings. The van der Waals surface area contributed by atoms with E-state index in [4.69, 9.17) is 9.15 Å². The SMILES string of the molecule is CC(O)(CN=C(NCCc1ccco1)NCCN1CCOCC1)c1cccs1.I. The van der Waals surface area contributed by atoms with Crippen LogP contribution in [0, 0.1) is 0 Å². The Hall–Kier alpha value is -1.14. The molecule has 0 spiro atoms.